The monoisotopic (exact) mass is 434 g/mol. The number of carbonyl (C=O) groups excluding carboxylic acids is 2. The quantitative estimate of drug-likeness (QED) is 0.611. The lowest BCUT2D eigenvalue weighted by Crippen LogP contribution is -2.33. The number of nitrogens with one attached hydrogen (secondary N) is 2. The van der Waals surface area contributed by atoms with E-state index in [-0.39, 0.29) is 11.8 Å². The molecular formula is C21H27ClN4O2S. The summed E-state index contributed by atoms with van der Waals surface area (Å²) < 4.78 is 0. The Labute approximate surface area is 180 Å². The molecule has 29 heavy (non-hydrogen) atoms. The van der Waals surface area contributed by atoms with Crippen LogP contribution in [0.25, 0.3) is 0 Å². The van der Waals surface area contributed by atoms with Crippen molar-refractivity contribution in [3.05, 3.63) is 45.9 Å². The van der Waals surface area contributed by atoms with Crippen molar-refractivity contribution in [3.8, 4) is 0 Å². The van der Waals surface area contributed by atoms with Gasteiger partial charge < -0.3 is 10.6 Å². The lowest BCUT2D eigenvalue weighted by Gasteiger charge is -2.30. The van der Waals surface area contributed by atoms with Crippen LogP contribution in [0.1, 0.15) is 48.7 Å². The highest BCUT2D eigenvalue weighted by Gasteiger charge is 2.17. The molecule has 0 aliphatic carbocycles. The fourth-order valence-corrected chi connectivity index (χ4v) is 4.28. The van der Waals surface area contributed by atoms with Gasteiger partial charge in [-0.3, -0.25) is 14.5 Å². The first kappa shape index (κ1) is 21.7. The summed E-state index contributed by atoms with van der Waals surface area (Å²) in [4.78, 5) is 31.1. The number of anilines is 1. The number of thiazole rings is 1. The number of benzene rings is 1. The van der Waals surface area contributed by atoms with Crippen molar-refractivity contribution in [1.29, 1.82) is 0 Å². The molecule has 8 heteroatoms. The van der Waals surface area contributed by atoms with Crippen molar-refractivity contribution in [2.24, 2.45) is 5.92 Å². The van der Waals surface area contributed by atoms with Gasteiger partial charge in [-0.05, 0) is 56.0 Å². The zero-order valence-corrected chi connectivity index (χ0v) is 18.2. The van der Waals surface area contributed by atoms with Gasteiger partial charge >= 0.3 is 0 Å². The van der Waals surface area contributed by atoms with Gasteiger partial charge in [0.15, 0.2) is 5.13 Å². The second-order valence-corrected chi connectivity index (χ2v) is 8.84. The van der Waals surface area contributed by atoms with Crippen LogP contribution < -0.4 is 10.6 Å². The molecule has 156 valence electrons. The van der Waals surface area contributed by atoms with Gasteiger partial charge in [-0.2, -0.15) is 0 Å². The standard InChI is InChI=1S/C21H27ClN4O2S/c1-15-4-3-11-26(12-15)13-18-14-29-21(24-18)25-19(27)5-2-10-23-20(28)16-6-8-17(22)9-7-16/h6-9,14-15H,2-5,10-13H2,1H3,(H,23,28)(H,24,25,27). The average molecular weight is 435 g/mol. The van der Waals surface area contributed by atoms with Crippen molar-refractivity contribution in [2.45, 2.75) is 39.2 Å². The molecule has 3 rings (SSSR count). The van der Waals surface area contributed by atoms with Crippen LogP contribution in [0.2, 0.25) is 5.02 Å². The van der Waals surface area contributed by atoms with E-state index >= 15 is 0 Å². The molecule has 0 bridgehead atoms. The first-order chi connectivity index (χ1) is 14.0. The van der Waals surface area contributed by atoms with Crippen LogP contribution in [0.3, 0.4) is 0 Å². The van der Waals surface area contributed by atoms with E-state index in [0.29, 0.717) is 35.1 Å². The molecule has 1 aromatic carbocycles. The Kier molecular flexibility index (Phi) is 8.03. The van der Waals surface area contributed by atoms with Crippen LogP contribution in [0, 0.1) is 5.92 Å². The molecule has 2 amide bonds. The summed E-state index contributed by atoms with van der Waals surface area (Å²) in [5, 5.41) is 8.91. The van der Waals surface area contributed by atoms with E-state index in [2.05, 4.69) is 27.4 Å². The molecule has 1 aliphatic rings. The Morgan fingerprint density at radius 2 is 2.10 bits per heavy atom. The van der Waals surface area contributed by atoms with Gasteiger partial charge in [0.1, 0.15) is 0 Å². The Bertz CT molecular complexity index is 824. The number of halogens is 1. The third-order valence-corrected chi connectivity index (χ3v) is 5.96. The van der Waals surface area contributed by atoms with Crippen LogP contribution in [-0.4, -0.2) is 41.3 Å². The maximum atomic E-state index is 12.1. The highest BCUT2D eigenvalue weighted by atomic mass is 35.5. The first-order valence-electron chi connectivity index (χ1n) is 10.00. The number of rotatable bonds is 8. The number of nitrogens with zero attached hydrogens (tertiary/aromatic N) is 2. The Hall–Kier alpha value is -1.96. The van der Waals surface area contributed by atoms with Gasteiger partial charge in [-0.1, -0.05) is 18.5 Å². The van der Waals surface area contributed by atoms with E-state index in [4.69, 9.17) is 11.6 Å². The molecule has 1 aliphatic heterocycles. The number of aromatic nitrogens is 1. The van der Waals surface area contributed by atoms with Crippen molar-refractivity contribution in [2.75, 3.05) is 25.0 Å². The number of hydrogen-bond donors (Lipinski definition) is 2. The smallest absolute Gasteiger partial charge is 0.251 e. The second-order valence-electron chi connectivity index (χ2n) is 7.54. The molecule has 1 aromatic heterocycles. The van der Waals surface area contributed by atoms with E-state index in [9.17, 15) is 9.59 Å². The van der Waals surface area contributed by atoms with Gasteiger partial charge in [0.2, 0.25) is 5.91 Å². The van der Waals surface area contributed by atoms with Gasteiger partial charge in [0, 0.05) is 42.0 Å². The summed E-state index contributed by atoms with van der Waals surface area (Å²) in [7, 11) is 0. The van der Waals surface area contributed by atoms with Crippen LogP contribution in [-0.2, 0) is 11.3 Å². The fraction of sp³-hybridized carbons (Fsp3) is 0.476. The maximum absolute atomic E-state index is 12.1. The molecular weight excluding hydrogens is 408 g/mol. The number of amides is 2. The fourth-order valence-electron chi connectivity index (χ4n) is 3.43. The van der Waals surface area contributed by atoms with Gasteiger partial charge in [-0.15, -0.1) is 11.3 Å². The van der Waals surface area contributed by atoms with Crippen LogP contribution >= 0.6 is 22.9 Å². The normalized spacial score (nSPS) is 17.1. The van der Waals surface area contributed by atoms with E-state index in [1.54, 1.807) is 24.3 Å². The van der Waals surface area contributed by atoms with Gasteiger partial charge in [0.25, 0.3) is 5.91 Å². The molecule has 1 saturated heterocycles. The molecule has 1 atom stereocenters. The zero-order chi connectivity index (χ0) is 20.6. The summed E-state index contributed by atoms with van der Waals surface area (Å²) >= 11 is 7.28. The van der Waals surface area contributed by atoms with Crippen molar-refractivity contribution in [1.82, 2.24) is 15.2 Å². The molecule has 1 fully saturated rings. The van der Waals surface area contributed by atoms with E-state index in [0.717, 1.165) is 31.2 Å². The molecule has 1 unspecified atom stereocenters. The minimum Gasteiger partial charge on any atom is -0.352 e. The van der Waals surface area contributed by atoms with Crippen molar-refractivity contribution in [3.63, 3.8) is 0 Å². The molecule has 0 saturated carbocycles. The zero-order valence-electron chi connectivity index (χ0n) is 16.6. The third-order valence-electron chi connectivity index (χ3n) is 4.90. The number of hydrogen-bond acceptors (Lipinski definition) is 5. The van der Waals surface area contributed by atoms with E-state index < -0.39 is 0 Å². The molecule has 2 heterocycles. The predicted octanol–water partition coefficient (Wildman–Crippen LogP) is 4.18. The summed E-state index contributed by atoms with van der Waals surface area (Å²) in [6.45, 7) is 5.79. The molecule has 0 radical (unpaired) electrons. The lowest BCUT2D eigenvalue weighted by atomic mass is 10.0. The van der Waals surface area contributed by atoms with Crippen LogP contribution in [0.15, 0.2) is 29.6 Å². The number of piperidine rings is 1. The molecule has 0 spiro atoms. The molecule has 2 aromatic rings. The number of carbonyl (C=O) groups is 2. The molecule has 2 N–H and O–H groups in total. The minimum atomic E-state index is -0.168. The maximum Gasteiger partial charge on any atom is 0.251 e. The SMILES string of the molecule is CC1CCCN(Cc2csc(NC(=O)CCCNC(=O)c3ccc(Cl)cc3)n2)C1. The lowest BCUT2D eigenvalue weighted by molar-refractivity contribution is -0.116. The van der Waals surface area contributed by atoms with Crippen molar-refractivity contribution < 1.29 is 9.59 Å². The topological polar surface area (TPSA) is 74.3 Å². The average Bonchev–Trinajstić information content (AvgIpc) is 3.12. The van der Waals surface area contributed by atoms with Crippen LogP contribution in [0.5, 0.6) is 0 Å². The summed E-state index contributed by atoms with van der Waals surface area (Å²) in [5.74, 6) is 0.485. The third kappa shape index (κ3) is 7.10. The Morgan fingerprint density at radius 1 is 1.31 bits per heavy atom. The van der Waals surface area contributed by atoms with Gasteiger partial charge in [0.05, 0.1) is 5.69 Å². The highest BCUT2D eigenvalue weighted by Crippen LogP contribution is 2.21. The van der Waals surface area contributed by atoms with E-state index in [1.807, 2.05) is 5.38 Å². The first-order valence-corrected chi connectivity index (χ1v) is 11.3. The van der Waals surface area contributed by atoms with Crippen LogP contribution in [0.4, 0.5) is 5.13 Å². The summed E-state index contributed by atoms with van der Waals surface area (Å²) in [6, 6.07) is 6.71. The van der Waals surface area contributed by atoms with Crippen molar-refractivity contribution >= 4 is 39.9 Å². The highest BCUT2D eigenvalue weighted by molar-refractivity contribution is 7.13. The Balaban J connectivity index is 1.35. The summed E-state index contributed by atoms with van der Waals surface area (Å²) in [6.07, 6.45) is 3.44. The molecule has 6 nitrogen and oxygen atoms in total. The Morgan fingerprint density at radius 3 is 2.86 bits per heavy atom. The van der Waals surface area contributed by atoms with E-state index in [1.165, 1.54) is 24.2 Å². The number of likely N-dealkylation sites (tertiary alicyclic amines) is 1. The van der Waals surface area contributed by atoms with Gasteiger partial charge in [-0.25, -0.2) is 4.98 Å². The largest absolute Gasteiger partial charge is 0.352 e. The summed E-state index contributed by atoms with van der Waals surface area (Å²) in [5.41, 5.74) is 1.56. The minimum absolute atomic E-state index is 0.0850. The second kappa shape index (κ2) is 10.7. The predicted molar refractivity (Wildman–Crippen MR) is 117 cm³/mol.